The van der Waals surface area contributed by atoms with Crippen LogP contribution in [0.1, 0.15) is 55.7 Å². The number of aryl methyl sites for hydroxylation is 2. The Morgan fingerprint density at radius 3 is 2.38 bits per heavy atom. The average Bonchev–Trinajstić information content (AvgIpc) is 3.33. The molecule has 2 aromatic carbocycles. The van der Waals surface area contributed by atoms with Crippen molar-refractivity contribution in [2.75, 3.05) is 31.1 Å². The van der Waals surface area contributed by atoms with E-state index in [4.69, 9.17) is 4.74 Å². The second-order valence-electron chi connectivity index (χ2n) is 13.0. The van der Waals surface area contributed by atoms with Crippen molar-refractivity contribution >= 4 is 23.4 Å². The number of anilines is 1. The molecule has 4 aliphatic rings. The second kappa shape index (κ2) is 12.6. The minimum absolute atomic E-state index is 0.110. The van der Waals surface area contributed by atoms with E-state index < -0.39 is 29.1 Å². The molecule has 8 nitrogen and oxygen atoms in total. The summed E-state index contributed by atoms with van der Waals surface area (Å²) in [5.74, 6) is -2.07. The van der Waals surface area contributed by atoms with Crippen molar-refractivity contribution in [1.82, 2.24) is 9.80 Å². The number of amides is 3. The van der Waals surface area contributed by atoms with Crippen LogP contribution >= 0.6 is 0 Å². The van der Waals surface area contributed by atoms with Gasteiger partial charge in [0.05, 0.1) is 17.4 Å². The van der Waals surface area contributed by atoms with Crippen LogP contribution in [0, 0.1) is 25.7 Å². The predicted molar refractivity (Wildman–Crippen MR) is 173 cm³/mol. The molecule has 4 aliphatic heterocycles. The number of nitrogens with zero attached hydrogens (tertiary/aromatic N) is 3. The van der Waals surface area contributed by atoms with Crippen LogP contribution in [0.2, 0.25) is 0 Å². The summed E-state index contributed by atoms with van der Waals surface area (Å²) >= 11 is 0. The monoisotopic (exact) mass is 611 g/mol. The first-order valence-corrected chi connectivity index (χ1v) is 16.4. The molecule has 45 heavy (non-hydrogen) atoms. The van der Waals surface area contributed by atoms with Crippen molar-refractivity contribution in [1.29, 1.82) is 0 Å². The topological polar surface area (TPSA) is 90.4 Å². The smallest absolute Gasteiger partial charge is 0.253 e. The van der Waals surface area contributed by atoms with Crippen molar-refractivity contribution in [3.8, 4) is 0 Å². The minimum Gasteiger partial charge on any atom is -0.396 e. The van der Waals surface area contributed by atoms with Crippen molar-refractivity contribution in [2.24, 2.45) is 11.8 Å². The minimum atomic E-state index is -1.28. The molecule has 0 aliphatic carbocycles. The summed E-state index contributed by atoms with van der Waals surface area (Å²) in [4.78, 5) is 49.5. The number of carbonyl (C=O) groups excluding carboxylic acids is 3. The maximum absolute atomic E-state index is 14.8. The van der Waals surface area contributed by atoms with Gasteiger partial charge in [-0.1, -0.05) is 86.5 Å². The largest absolute Gasteiger partial charge is 0.396 e. The number of fused-ring (bicyclic) bond motifs is 2. The molecule has 0 bridgehead atoms. The molecular weight excluding hydrogens is 566 g/mol. The van der Waals surface area contributed by atoms with Gasteiger partial charge in [0, 0.05) is 38.5 Å². The highest BCUT2D eigenvalue weighted by atomic mass is 16.5. The Hall–Kier alpha value is -3.75. The molecule has 1 unspecified atom stereocenters. The number of hydrogen-bond acceptors (Lipinski definition) is 5. The number of aliphatic hydroxyl groups is 1. The van der Waals surface area contributed by atoms with Crippen LogP contribution in [0.3, 0.4) is 0 Å². The fourth-order valence-corrected chi connectivity index (χ4v) is 7.97. The molecule has 6 rings (SSSR count). The summed E-state index contributed by atoms with van der Waals surface area (Å²) in [6.07, 6.45) is 11.4. The number of carbonyl (C=O) groups is 3. The molecule has 2 fully saturated rings. The highest BCUT2D eigenvalue weighted by Crippen LogP contribution is 2.58. The number of hydrogen-bond donors (Lipinski definition) is 1. The summed E-state index contributed by atoms with van der Waals surface area (Å²) in [6.45, 7) is 7.73. The first-order valence-electron chi connectivity index (χ1n) is 16.4. The molecule has 1 N–H and O–H groups in total. The normalized spacial score (nSPS) is 29.1. The van der Waals surface area contributed by atoms with Crippen LogP contribution < -0.4 is 4.90 Å². The van der Waals surface area contributed by atoms with Crippen molar-refractivity contribution in [2.45, 2.75) is 76.7 Å². The highest BCUT2D eigenvalue weighted by molar-refractivity contribution is 6.06. The fraction of sp³-hybridized carbons (Fsp3) is 0.486. The molecule has 1 spiro atoms. The molecular formula is C37H45N3O5. The van der Waals surface area contributed by atoms with Gasteiger partial charge in [0.25, 0.3) is 5.91 Å². The van der Waals surface area contributed by atoms with E-state index in [9.17, 15) is 19.5 Å². The maximum Gasteiger partial charge on any atom is 0.253 e. The lowest BCUT2D eigenvalue weighted by atomic mass is 9.73. The molecule has 0 radical (unpaired) electrons. The number of ether oxygens (including phenoxy) is 1. The second-order valence-corrected chi connectivity index (χ2v) is 13.0. The van der Waals surface area contributed by atoms with Crippen molar-refractivity contribution in [3.05, 3.63) is 89.5 Å². The van der Waals surface area contributed by atoms with Crippen LogP contribution in [-0.2, 0) is 25.7 Å². The van der Waals surface area contributed by atoms with E-state index in [-0.39, 0.29) is 24.3 Å². The third-order valence-corrected chi connectivity index (χ3v) is 10.2. The molecule has 5 atom stereocenters. The third-order valence-electron chi connectivity index (χ3n) is 10.2. The van der Waals surface area contributed by atoms with Crippen molar-refractivity contribution in [3.63, 3.8) is 0 Å². The highest BCUT2D eigenvalue weighted by Gasteiger charge is 2.75. The quantitative estimate of drug-likeness (QED) is 0.310. The van der Waals surface area contributed by atoms with Gasteiger partial charge in [0.2, 0.25) is 11.8 Å². The van der Waals surface area contributed by atoms with Crippen molar-refractivity contribution < 1.29 is 24.2 Å². The van der Waals surface area contributed by atoms with Gasteiger partial charge in [-0.2, -0.15) is 0 Å². The van der Waals surface area contributed by atoms with Gasteiger partial charge in [-0.3, -0.25) is 14.4 Å². The lowest BCUT2D eigenvalue weighted by Gasteiger charge is -2.38. The van der Waals surface area contributed by atoms with Gasteiger partial charge in [0.15, 0.2) is 0 Å². The number of rotatable bonds is 10. The van der Waals surface area contributed by atoms with Gasteiger partial charge < -0.3 is 24.5 Å². The van der Waals surface area contributed by atoms with E-state index in [1.54, 1.807) is 9.80 Å². The number of likely N-dealkylation sites (tertiary alicyclic amines) is 1. The molecule has 0 aromatic heterocycles. The van der Waals surface area contributed by atoms with Gasteiger partial charge in [-0.05, 0) is 55.9 Å². The first kappa shape index (κ1) is 31.2. The standard InChI is InChI=1S/C37H45N3O5/c1-4-36-18-12-20-38(25-28-14-8-7-9-15-28)33(42)30(36)31-34(43)40(21-10-5-6-11-23-41)32-35(44)39(22-13-19-37(31,32)45-36)29-24-26(2)16-17-27(29)3/h7-9,12-19,24,30-32,41H,4-6,10-11,20-23,25H2,1-3H3/t30-,31+,32?,36+,37+/m1/s1. The average molecular weight is 612 g/mol. The Bertz CT molecular complexity index is 1500. The molecule has 8 heteroatoms. The van der Waals surface area contributed by atoms with E-state index in [0.717, 1.165) is 35.2 Å². The van der Waals surface area contributed by atoms with E-state index in [0.29, 0.717) is 45.4 Å². The van der Waals surface area contributed by atoms with Crippen LogP contribution in [0.5, 0.6) is 0 Å². The molecule has 2 saturated heterocycles. The lowest BCUT2D eigenvalue weighted by Crippen LogP contribution is -2.56. The Morgan fingerprint density at radius 1 is 0.867 bits per heavy atom. The molecule has 3 amide bonds. The lowest BCUT2D eigenvalue weighted by molar-refractivity contribution is -0.150. The van der Waals surface area contributed by atoms with Gasteiger partial charge in [-0.25, -0.2) is 0 Å². The third kappa shape index (κ3) is 5.32. The molecule has 2 aromatic rings. The summed E-state index contributed by atoms with van der Waals surface area (Å²) in [7, 11) is 0. The summed E-state index contributed by atoms with van der Waals surface area (Å²) in [5, 5.41) is 9.27. The Balaban J connectivity index is 1.42. The summed E-state index contributed by atoms with van der Waals surface area (Å²) in [6, 6.07) is 15.1. The zero-order valence-corrected chi connectivity index (χ0v) is 26.7. The molecule has 0 saturated carbocycles. The zero-order chi connectivity index (χ0) is 31.8. The van der Waals surface area contributed by atoms with Gasteiger partial charge in [-0.15, -0.1) is 0 Å². The summed E-state index contributed by atoms with van der Waals surface area (Å²) in [5.41, 5.74) is 1.58. The summed E-state index contributed by atoms with van der Waals surface area (Å²) < 4.78 is 7.14. The number of unbranched alkanes of at least 4 members (excludes halogenated alkanes) is 3. The predicted octanol–water partition coefficient (Wildman–Crippen LogP) is 4.72. The van der Waals surface area contributed by atoms with Gasteiger partial charge >= 0.3 is 0 Å². The molecule has 238 valence electrons. The van der Waals surface area contributed by atoms with E-state index >= 15 is 0 Å². The van der Waals surface area contributed by atoms with E-state index in [1.165, 1.54) is 0 Å². The fourth-order valence-electron chi connectivity index (χ4n) is 7.97. The van der Waals surface area contributed by atoms with Gasteiger partial charge in [0.1, 0.15) is 11.6 Å². The van der Waals surface area contributed by atoms with E-state index in [1.807, 2.05) is 98.5 Å². The zero-order valence-electron chi connectivity index (χ0n) is 26.7. The Kier molecular flexibility index (Phi) is 8.72. The van der Waals surface area contributed by atoms with E-state index in [2.05, 4.69) is 0 Å². The molecule has 4 heterocycles. The SMILES string of the molecule is CC[C@]12C=CCN(Cc3ccccc3)C(=O)[C@H]1[C@H]1C(=O)N(CCCCCCO)C3C(=O)N(c4cc(C)ccc4C)CC=C[C@@]31O2. The van der Waals surface area contributed by atoms with Crippen LogP contribution in [-0.4, -0.2) is 76.1 Å². The number of benzene rings is 2. The first-order chi connectivity index (χ1) is 21.8. The van der Waals surface area contributed by atoms with Crippen LogP contribution in [0.4, 0.5) is 5.69 Å². The van der Waals surface area contributed by atoms with Crippen LogP contribution in [0.25, 0.3) is 0 Å². The number of aliphatic hydroxyl groups excluding tert-OH is 1. The maximum atomic E-state index is 14.8. The van der Waals surface area contributed by atoms with Crippen LogP contribution in [0.15, 0.2) is 72.8 Å². The Labute approximate surface area is 266 Å². The Morgan fingerprint density at radius 2 is 1.62 bits per heavy atom.